The Balaban J connectivity index is 2.16. The third kappa shape index (κ3) is 1.89. The van der Waals surface area contributed by atoms with Crippen LogP contribution in [0, 0.1) is 0 Å². The van der Waals surface area contributed by atoms with Crippen LogP contribution in [0.4, 0.5) is 5.82 Å². The molecule has 80 valence electrons. The van der Waals surface area contributed by atoms with Crippen LogP contribution in [-0.2, 0) is 4.74 Å². The molecule has 1 saturated heterocycles. The summed E-state index contributed by atoms with van der Waals surface area (Å²) in [7, 11) is 1.30. The number of aliphatic hydroxyl groups is 1. The van der Waals surface area contributed by atoms with E-state index in [1.54, 1.807) is 6.20 Å². The SMILES string of the molecule is COC(=O)c1cncc(N2CC(O)C2)n1. The lowest BCUT2D eigenvalue weighted by Gasteiger charge is -2.36. The molecule has 15 heavy (non-hydrogen) atoms. The molecule has 1 aliphatic heterocycles. The van der Waals surface area contributed by atoms with Crippen molar-refractivity contribution in [2.24, 2.45) is 0 Å². The van der Waals surface area contributed by atoms with E-state index >= 15 is 0 Å². The first-order valence-electron chi connectivity index (χ1n) is 4.54. The number of rotatable bonds is 2. The quantitative estimate of drug-likeness (QED) is 0.658. The van der Waals surface area contributed by atoms with Crippen molar-refractivity contribution in [3.05, 3.63) is 18.1 Å². The van der Waals surface area contributed by atoms with Crippen molar-refractivity contribution >= 4 is 11.8 Å². The number of methoxy groups -OCH3 is 1. The fourth-order valence-corrected chi connectivity index (χ4v) is 1.35. The van der Waals surface area contributed by atoms with Crippen LogP contribution in [0.1, 0.15) is 10.5 Å². The summed E-state index contributed by atoms with van der Waals surface area (Å²) in [5.41, 5.74) is 0.177. The number of hydrogen-bond donors (Lipinski definition) is 1. The zero-order chi connectivity index (χ0) is 10.8. The van der Waals surface area contributed by atoms with Crippen LogP contribution in [-0.4, -0.2) is 47.3 Å². The van der Waals surface area contributed by atoms with Crippen LogP contribution in [0.2, 0.25) is 0 Å². The highest BCUT2D eigenvalue weighted by atomic mass is 16.5. The first kappa shape index (κ1) is 9.85. The van der Waals surface area contributed by atoms with Gasteiger partial charge in [-0.15, -0.1) is 0 Å². The molecule has 1 aromatic heterocycles. The normalized spacial score (nSPS) is 16.0. The smallest absolute Gasteiger partial charge is 0.358 e. The van der Waals surface area contributed by atoms with Crippen molar-refractivity contribution in [3.63, 3.8) is 0 Å². The molecule has 1 aliphatic rings. The highest BCUT2D eigenvalue weighted by Gasteiger charge is 2.26. The van der Waals surface area contributed by atoms with Crippen molar-refractivity contribution in [3.8, 4) is 0 Å². The minimum Gasteiger partial charge on any atom is -0.464 e. The Morgan fingerprint density at radius 2 is 2.33 bits per heavy atom. The number of carbonyl (C=O) groups excluding carboxylic acids is 1. The number of hydrogen-bond acceptors (Lipinski definition) is 6. The number of ether oxygens (including phenoxy) is 1. The third-order valence-corrected chi connectivity index (χ3v) is 2.20. The number of anilines is 1. The molecular formula is C9H11N3O3. The van der Waals surface area contributed by atoms with Gasteiger partial charge in [-0.25, -0.2) is 9.78 Å². The lowest BCUT2D eigenvalue weighted by atomic mass is 10.2. The monoisotopic (exact) mass is 209 g/mol. The average molecular weight is 209 g/mol. The predicted octanol–water partition coefficient (Wildman–Crippen LogP) is -0.556. The van der Waals surface area contributed by atoms with Crippen LogP contribution < -0.4 is 4.90 Å². The van der Waals surface area contributed by atoms with E-state index in [0.717, 1.165) is 0 Å². The summed E-state index contributed by atoms with van der Waals surface area (Å²) >= 11 is 0. The van der Waals surface area contributed by atoms with E-state index < -0.39 is 5.97 Å². The van der Waals surface area contributed by atoms with E-state index in [2.05, 4.69) is 14.7 Å². The van der Waals surface area contributed by atoms with E-state index in [1.165, 1.54) is 13.3 Å². The molecule has 0 amide bonds. The van der Waals surface area contributed by atoms with Crippen molar-refractivity contribution in [2.45, 2.75) is 6.10 Å². The second kappa shape index (κ2) is 3.82. The Labute approximate surface area is 86.5 Å². The molecule has 1 N–H and O–H groups in total. The van der Waals surface area contributed by atoms with Crippen LogP contribution >= 0.6 is 0 Å². The Bertz CT molecular complexity index is 377. The molecule has 1 aromatic rings. The highest BCUT2D eigenvalue weighted by Crippen LogP contribution is 2.17. The topological polar surface area (TPSA) is 75.5 Å². The summed E-state index contributed by atoms with van der Waals surface area (Å²) < 4.78 is 4.53. The molecule has 0 aromatic carbocycles. The second-order valence-electron chi connectivity index (χ2n) is 3.31. The Kier molecular flexibility index (Phi) is 2.51. The summed E-state index contributed by atoms with van der Waals surface area (Å²) in [5, 5.41) is 9.12. The highest BCUT2D eigenvalue weighted by molar-refractivity contribution is 5.87. The van der Waals surface area contributed by atoms with E-state index in [1.807, 2.05) is 4.90 Å². The van der Waals surface area contributed by atoms with E-state index in [-0.39, 0.29) is 11.8 Å². The minimum atomic E-state index is -0.509. The van der Waals surface area contributed by atoms with Gasteiger partial charge in [0.1, 0.15) is 5.82 Å². The van der Waals surface area contributed by atoms with Crippen molar-refractivity contribution in [1.29, 1.82) is 0 Å². The molecule has 0 aliphatic carbocycles. The molecule has 0 radical (unpaired) electrons. The second-order valence-corrected chi connectivity index (χ2v) is 3.31. The Morgan fingerprint density at radius 1 is 1.60 bits per heavy atom. The summed E-state index contributed by atoms with van der Waals surface area (Å²) in [5.74, 6) is 0.0774. The maximum atomic E-state index is 11.2. The van der Waals surface area contributed by atoms with Gasteiger partial charge < -0.3 is 14.7 Å². The number of nitrogens with zero attached hydrogens (tertiary/aromatic N) is 3. The van der Waals surface area contributed by atoms with Crippen LogP contribution in [0.25, 0.3) is 0 Å². The molecule has 0 bridgehead atoms. The Hall–Kier alpha value is -1.69. The van der Waals surface area contributed by atoms with Gasteiger partial charge in [-0.3, -0.25) is 4.98 Å². The van der Waals surface area contributed by atoms with Crippen LogP contribution in [0.15, 0.2) is 12.4 Å². The van der Waals surface area contributed by atoms with Crippen molar-refractivity contribution < 1.29 is 14.6 Å². The molecule has 6 nitrogen and oxygen atoms in total. The van der Waals surface area contributed by atoms with Crippen LogP contribution in [0.3, 0.4) is 0 Å². The fourth-order valence-electron chi connectivity index (χ4n) is 1.35. The molecule has 1 fully saturated rings. The van der Waals surface area contributed by atoms with Crippen LogP contribution in [0.5, 0.6) is 0 Å². The standard InChI is InChI=1S/C9H11N3O3/c1-15-9(14)7-2-10-3-8(11-7)12-4-6(13)5-12/h2-3,6,13H,4-5H2,1H3. The predicted molar refractivity (Wildman–Crippen MR) is 51.6 cm³/mol. The first-order valence-corrected chi connectivity index (χ1v) is 4.54. The number of aliphatic hydroxyl groups excluding tert-OH is 1. The maximum absolute atomic E-state index is 11.2. The number of aromatic nitrogens is 2. The zero-order valence-electron chi connectivity index (χ0n) is 8.25. The van der Waals surface area contributed by atoms with Gasteiger partial charge in [-0.2, -0.15) is 0 Å². The lowest BCUT2D eigenvalue weighted by Crippen LogP contribution is -2.51. The lowest BCUT2D eigenvalue weighted by molar-refractivity contribution is 0.0593. The summed E-state index contributed by atoms with van der Waals surface area (Å²) in [6, 6.07) is 0. The summed E-state index contributed by atoms with van der Waals surface area (Å²) in [6.45, 7) is 1.05. The van der Waals surface area contributed by atoms with E-state index in [4.69, 9.17) is 5.11 Å². The van der Waals surface area contributed by atoms with Gasteiger partial charge in [0, 0.05) is 13.1 Å². The minimum absolute atomic E-state index is 0.177. The molecule has 2 heterocycles. The Morgan fingerprint density at radius 3 is 2.93 bits per heavy atom. The first-order chi connectivity index (χ1) is 7.20. The van der Waals surface area contributed by atoms with Crippen molar-refractivity contribution in [1.82, 2.24) is 9.97 Å². The maximum Gasteiger partial charge on any atom is 0.358 e. The summed E-state index contributed by atoms with van der Waals surface area (Å²) in [6.07, 6.45) is 2.60. The zero-order valence-corrected chi connectivity index (χ0v) is 8.25. The molecule has 0 spiro atoms. The fraction of sp³-hybridized carbons (Fsp3) is 0.444. The van der Waals surface area contributed by atoms with Gasteiger partial charge in [0.25, 0.3) is 0 Å². The molecule has 6 heteroatoms. The number of carbonyl (C=O) groups is 1. The largest absolute Gasteiger partial charge is 0.464 e. The molecule has 2 rings (SSSR count). The van der Waals surface area contributed by atoms with Gasteiger partial charge in [0.05, 0.1) is 25.6 Å². The number of β-amino-alcohol motifs (C(OH)–C–C–N with tert-alkyl or cyclic N) is 1. The van der Waals surface area contributed by atoms with E-state index in [9.17, 15) is 4.79 Å². The number of esters is 1. The van der Waals surface area contributed by atoms with Gasteiger partial charge in [0.2, 0.25) is 0 Å². The van der Waals surface area contributed by atoms with Gasteiger partial charge in [0.15, 0.2) is 5.69 Å². The molecule has 0 unspecified atom stereocenters. The molecular weight excluding hydrogens is 198 g/mol. The summed E-state index contributed by atoms with van der Waals surface area (Å²) in [4.78, 5) is 21.0. The van der Waals surface area contributed by atoms with E-state index in [0.29, 0.717) is 18.9 Å². The average Bonchev–Trinajstić information content (AvgIpc) is 2.24. The van der Waals surface area contributed by atoms with Gasteiger partial charge in [-0.05, 0) is 0 Å². The molecule has 0 saturated carbocycles. The van der Waals surface area contributed by atoms with Gasteiger partial charge in [-0.1, -0.05) is 0 Å². The van der Waals surface area contributed by atoms with Gasteiger partial charge >= 0.3 is 5.97 Å². The molecule has 0 atom stereocenters. The van der Waals surface area contributed by atoms with Crippen molar-refractivity contribution in [2.75, 3.05) is 25.1 Å². The third-order valence-electron chi connectivity index (χ3n) is 2.20.